The number of pyridine rings is 1. The second kappa shape index (κ2) is 9.71. The summed E-state index contributed by atoms with van der Waals surface area (Å²) in [6.07, 6.45) is 4.64. The van der Waals surface area contributed by atoms with E-state index in [0.29, 0.717) is 11.5 Å². The van der Waals surface area contributed by atoms with E-state index in [0.717, 1.165) is 70.8 Å². The van der Waals surface area contributed by atoms with Crippen LogP contribution in [-0.2, 0) is 4.74 Å². The lowest BCUT2D eigenvalue weighted by Crippen LogP contribution is -2.19. The molecule has 1 fully saturated rings. The average molecular weight is 495 g/mol. The lowest BCUT2D eigenvalue weighted by atomic mass is 10.0. The van der Waals surface area contributed by atoms with Crippen LogP contribution in [0.5, 0.6) is 0 Å². The van der Waals surface area contributed by atoms with E-state index >= 15 is 0 Å². The van der Waals surface area contributed by atoms with E-state index in [1.165, 1.54) is 12.3 Å². The van der Waals surface area contributed by atoms with E-state index < -0.39 is 0 Å². The molecule has 37 heavy (non-hydrogen) atoms. The molecule has 7 nitrogen and oxygen atoms in total. The summed E-state index contributed by atoms with van der Waals surface area (Å²) in [6, 6.07) is 18.6. The van der Waals surface area contributed by atoms with E-state index in [1.807, 2.05) is 42.8 Å². The number of hydrogen-bond acceptors (Lipinski definition) is 5. The average Bonchev–Trinajstić information content (AvgIpc) is 3.50. The molecule has 1 N–H and O–H groups in total. The van der Waals surface area contributed by atoms with E-state index in [1.54, 1.807) is 18.2 Å². The second-order valence-corrected chi connectivity index (χ2v) is 9.31. The molecule has 0 saturated carbocycles. The Morgan fingerprint density at radius 3 is 2.76 bits per heavy atom. The number of nitrogens with one attached hydrogen (secondary N) is 1. The highest BCUT2D eigenvalue weighted by Gasteiger charge is 2.22. The molecule has 1 aliphatic rings. The van der Waals surface area contributed by atoms with Gasteiger partial charge in [0.15, 0.2) is 6.23 Å². The summed E-state index contributed by atoms with van der Waals surface area (Å²) in [5.41, 5.74) is 6.43. The van der Waals surface area contributed by atoms with E-state index in [9.17, 15) is 4.39 Å². The fourth-order valence-corrected chi connectivity index (χ4v) is 4.79. The van der Waals surface area contributed by atoms with Crippen molar-refractivity contribution in [2.45, 2.75) is 39.3 Å². The Bertz CT molecular complexity index is 1610. The summed E-state index contributed by atoms with van der Waals surface area (Å²) >= 11 is 0. The summed E-state index contributed by atoms with van der Waals surface area (Å²) in [5.74, 6) is 0.0400. The van der Waals surface area contributed by atoms with Gasteiger partial charge in [0.25, 0.3) is 0 Å². The molecule has 3 aromatic heterocycles. The molecule has 2 aromatic carbocycles. The van der Waals surface area contributed by atoms with Crippen molar-refractivity contribution in [1.82, 2.24) is 24.7 Å². The molecule has 6 rings (SSSR count). The molecule has 1 unspecified atom stereocenters. The van der Waals surface area contributed by atoms with Crippen LogP contribution in [-0.4, -0.2) is 37.6 Å². The Kier molecular flexibility index (Phi) is 6.10. The molecule has 0 amide bonds. The van der Waals surface area contributed by atoms with Gasteiger partial charge in [-0.2, -0.15) is 5.10 Å². The molecule has 0 spiro atoms. The van der Waals surface area contributed by atoms with Crippen LogP contribution in [0.15, 0.2) is 65.7 Å². The molecule has 1 saturated heterocycles. The number of benzene rings is 2. The number of fused-ring (bicyclic) bond motifs is 1. The molecule has 1 atom stereocenters. The third-order valence-electron chi connectivity index (χ3n) is 6.66. The van der Waals surface area contributed by atoms with Gasteiger partial charge in [0.1, 0.15) is 11.5 Å². The lowest BCUT2D eigenvalue weighted by Gasteiger charge is -2.23. The minimum absolute atomic E-state index is 0.0347. The van der Waals surface area contributed by atoms with Crippen molar-refractivity contribution in [3.63, 3.8) is 0 Å². The first-order chi connectivity index (χ1) is 18.1. The zero-order chi connectivity index (χ0) is 25.4. The summed E-state index contributed by atoms with van der Waals surface area (Å²) in [5, 5.41) is 5.86. The Labute approximate surface area is 214 Å². The largest absolute Gasteiger partial charge is 0.356 e. The number of rotatable bonds is 5. The van der Waals surface area contributed by atoms with Crippen LogP contribution in [0.2, 0.25) is 0 Å². The van der Waals surface area contributed by atoms with Gasteiger partial charge in [-0.05, 0) is 63.4 Å². The standard InChI is InChI=1S/C29H27FN6O/c1-18-8-7-11-24(32-18)28-27(33-29(34-28)31-17-21-9-3-4-10-23(21)30)20-13-14-25-22(16-20)19(2)35-36(25)26-12-5-6-15-37-26/h3-4,7-11,13-14,16-17,26H,5-6,12,15H2,1-2H3,(H,33,34)/b31-17+. The topological polar surface area (TPSA) is 81.0 Å². The number of aliphatic imine (C=N–C) groups is 1. The van der Waals surface area contributed by atoms with Gasteiger partial charge < -0.3 is 9.72 Å². The van der Waals surface area contributed by atoms with E-state index in [4.69, 9.17) is 19.8 Å². The van der Waals surface area contributed by atoms with Crippen molar-refractivity contribution in [3.8, 4) is 22.6 Å². The Morgan fingerprint density at radius 1 is 1.05 bits per heavy atom. The lowest BCUT2D eigenvalue weighted by molar-refractivity contribution is -0.0368. The normalized spacial score (nSPS) is 16.1. The van der Waals surface area contributed by atoms with Gasteiger partial charge in [0.2, 0.25) is 5.95 Å². The molecule has 0 radical (unpaired) electrons. The van der Waals surface area contributed by atoms with Crippen LogP contribution in [0.25, 0.3) is 33.5 Å². The highest BCUT2D eigenvalue weighted by atomic mass is 19.1. The number of aromatic nitrogens is 5. The molecular weight excluding hydrogens is 467 g/mol. The highest BCUT2D eigenvalue weighted by Crippen LogP contribution is 2.35. The van der Waals surface area contributed by atoms with Gasteiger partial charge in [0, 0.05) is 35.0 Å². The number of ether oxygens (including phenoxy) is 1. The summed E-state index contributed by atoms with van der Waals surface area (Å²) in [6.45, 7) is 4.73. The first-order valence-electron chi connectivity index (χ1n) is 12.5. The predicted molar refractivity (Wildman–Crippen MR) is 143 cm³/mol. The number of hydrogen-bond donors (Lipinski definition) is 1. The minimum Gasteiger partial charge on any atom is -0.356 e. The summed E-state index contributed by atoms with van der Waals surface area (Å²) in [4.78, 5) is 17.2. The fraction of sp³-hybridized carbons (Fsp3) is 0.241. The number of halogens is 1. The monoisotopic (exact) mass is 494 g/mol. The van der Waals surface area contributed by atoms with Gasteiger partial charge in [-0.1, -0.05) is 30.3 Å². The van der Waals surface area contributed by atoms with Crippen molar-refractivity contribution in [3.05, 3.63) is 83.4 Å². The number of imidazole rings is 1. The van der Waals surface area contributed by atoms with Gasteiger partial charge in [-0.15, -0.1) is 0 Å². The molecule has 5 aromatic rings. The first kappa shape index (κ1) is 23.2. The van der Waals surface area contributed by atoms with Crippen molar-refractivity contribution >= 4 is 23.1 Å². The van der Waals surface area contributed by atoms with Crippen LogP contribution < -0.4 is 0 Å². The zero-order valence-electron chi connectivity index (χ0n) is 20.8. The van der Waals surface area contributed by atoms with Gasteiger partial charge in [-0.3, -0.25) is 4.98 Å². The SMILES string of the molecule is Cc1cccc(-c2[nH]c(/N=C/c3ccccc3F)nc2-c2ccc3c(c2)c(C)nn3C2CCCCO2)n1. The Balaban J connectivity index is 1.44. The fourth-order valence-electron chi connectivity index (χ4n) is 4.79. The van der Waals surface area contributed by atoms with Crippen molar-refractivity contribution in [2.75, 3.05) is 6.61 Å². The maximum absolute atomic E-state index is 14.1. The van der Waals surface area contributed by atoms with Crippen molar-refractivity contribution < 1.29 is 9.13 Å². The van der Waals surface area contributed by atoms with Crippen LogP contribution >= 0.6 is 0 Å². The molecule has 0 aliphatic carbocycles. The second-order valence-electron chi connectivity index (χ2n) is 9.31. The minimum atomic E-state index is -0.335. The summed E-state index contributed by atoms with van der Waals surface area (Å²) < 4.78 is 22.1. The number of aromatic amines is 1. The van der Waals surface area contributed by atoms with E-state index in [-0.39, 0.29) is 12.0 Å². The highest BCUT2D eigenvalue weighted by molar-refractivity contribution is 5.90. The third kappa shape index (κ3) is 4.56. The van der Waals surface area contributed by atoms with Crippen molar-refractivity contribution in [1.29, 1.82) is 0 Å². The Hall–Kier alpha value is -4.17. The first-order valence-corrected chi connectivity index (χ1v) is 12.5. The Morgan fingerprint density at radius 2 is 1.95 bits per heavy atom. The van der Waals surface area contributed by atoms with Gasteiger partial charge in [0.05, 0.1) is 22.6 Å². The quantitative estimate of drug-likeness (QED) is 0.276. The van der Waals surface area contributed by atoms with Crippen LogP contribution in [0, 0.1) is 19.7 Å². The number of H-pyrrole nitrogens is 1. The number of nitrogens with zero attached hydrogens (tertiary/aromatic N) is 5. The molecule has 1 aliphatic heterocycles. The van der Waals surface area contributed by atoms with Crippen LogP contribution in [0.4, 0.5) is 10.3 Å². The molecule has 186 valence electrons. The van der Waals surface area contributed by atoms with Gasteiger partial charge in [-0.25, -0.2) is 19.0 Å². The third-order valence-corrected chi connectivity index (χ3v) is 6.66. The zero-order valence-corrected chi connectivity index (χ0v) is 20.8. The smallest absolute Gasteiger partial charge is 0.227 e. The molecule has 4 heterocycles. The molecular formula is C29H27FN6O. The van der Waals surface area contributed by atoms with Crippen molar-refractivity contribution in [2.24, 2.45) is 4.99 Å². The summed E-state index contributed by atoms with van der Waals surface area (Å²) in [7, 11) is 0. The predicted octanol–water partition coefficient (Wildman–Crippen LogP) is 6.69. The van der Waals surface area contributed by atoms with Crippen LogP contribution in [0.1, 0.15) is 42.4 Å². The molecule has 0 bridgehead atoms. The molecule has 8 heteroatoms. The maximum atomic E-state index is 14.1. The number of aryl methyl sites for hydroxylation is 2. The maximum Gasteiger partial charge on any atom is 0.227 e. The van der Waals surface area contributed by atoms with E-state index in [2.05, 4.69) is 22.1 Å². The van der Waals surface area contributed by atoms with Gasteiger partial charge >= 0.3 is 0 Å². The van der Waals surface area contributed by atoms with Crippen LogP contribution in [0.3, 0.4) is 0 Å².